The van der Waals surface area contributed by atoms with E-state index in [1.807, 2.05) is 6.92 Å². The Morgan fingerprint density at radius 1 is 1.75 bits per heavy atom. The summed E-state index contributed by atoms with van der Waals surface area (Å²) in [6.45, 7) is 2.43. The predicted molar refractivity (Wildman–Crippen MR) is 38.0 cm³/mol. The summed E-state index contributed by atoms with van der Waals surface area (Å²) in [5.41, 5.74) is 0. The molecule has 0 amide bonds. The smallest absolute Gasteiger partial charge is 0.514 e. The Hall–Kier alpha value is 0.733. The molecule has 0 radical (unpaired) electrons. The molecule has 0 bridgehead atoms. The van der Waals surface area contributed by atoms with Crippen LogP contribution < -0.4 is 0 Å². The average molecular weight is 202 g/mol. The number of ether oxygens (including phenoxy) is 1. The maximum Gasteiger partial charge on any atom is 2.00 e. The van der Waals surface area contributed by atoms with Gasteiger partial charge < -0.3 is 37.0 Å². The van der Waals surface area contributed by atoms with Gasteiger partial charge in [0.25, 0.3) is 0 Å². The maximum atomic E-state index is 4.59. The molecule has 1 nitrogen and oxygen atoms in total. The van der Waals surface area contributed by atoms with Gasteiger partial charge in [0.15, 0.2) is 0 Å². The molecule has 44 valence electrons. The van der Waals surface area contributed by atoms with Crippen molar-refractivity contribution in [1.29, 1.82) is 0 Å². The standard InChI is InChI=1S/C3H6OS2.CH3.Zn/c1-2-4-3(5)6;;/h2H2,1H3,(H,5,6);1H3;/q;-1;+2/p-1. The van der Waals surface area contributed by atoms with Gasteiger partial charge in [0.05, 0.1) is 6.61 Å². The van der Waals surface area contributed by atoms with Gasteiger partial charge in [-0.3, -0.25) is 0 Å². The Morgan fingerprint density at radius 3 is 2.12 bits per heavy atom. The van der Waals surface area contributed by atoms with Gasteiger partial charge in [-0.15, -0.1) is 0 Å². The van der Waals surface area contributed by atoms with Crippen molar-refractivity contribution in [2.75, 3.05) is 6.61 Å². The molecule has 0 unspecified atom stereocenters. The van der Waals surface area contributed by atoms with Crippen molar-refractivity contribution in [2.24, 2.45) is 0 Å². The van der Waals surface area contributed by atoms with E-state index in [0.29, 0.717) is 6.61 Å². The molecule has 0 spiro atoms. The Morgan fingerprint density at radius 2 is 2.12 bits per heavy atom. The summed E-state index contributed by atoms with van der Waals surface area (Å²) in [6, 6.07) is 0. The van der Waals surface area contributed by atoms with Crippen LogP contribution in [0.15, 0.2) is 0 Å². The second kappa shape index (κ2) is 10.7. The third kappa shape index (κ3) is 15.9. The molecule has 0 aliphatic heterocycles. The van der Waals surface area contributed by atoms with E-state index in [4.69, 9.17) is 0 Å². The van der Waals surface area contributed by atoms with Crippen LogP contribution in [0.4, 0.5) is 0 Å². The fourth-order valence-corrected chi connectivity index (χ4v) is 0.354. The van der Waals surface area contributed by atoms with Gasteiger partial charge in [0, 0.05) is 4.38 Å². The van der Waals surface area contributed by atoms with Gasteiger partial charge >= 0.3 is 19.5 Å². The third-order valence-electron chi connectivity index (χ3n) is 0.262. The molecule has 0 atom stereocenters. The maximum absolute atomic E-state index is 4.59. The summed E-state index contributed by atoms with van der Waals surface area (Å²) in [7, 11) is 0. The summed E-state index contributed by atoms with van der Waals surface area (Å²) in [6.07, 6.45) is 0. The molecule has 0 saturated carbocycles. The fraction of sp³-hybridized carbons (Fsp3) is 0.500. The predicted octanol–water partition coefficient (Wildman–Crippen LogP) is 1.30. The normalized spacial score (nSPS) is 5.62. The Kier molecular flexibility index (Phi) is 21.2. The molecule has 0 fully saturated rings. The van der Waals surface area contributed by atoms with E-state index in [2.05, 4.69) is 29.6 Å². The fourth-order valence-electron chi connectivity index (χ4n) is 0.118. The van der Waals surface area contributed by atoms with E-state index in [1.165, 1.54) is 0 Å². The molecule has 0 rings (SSSR count). The van der Waals surface area contributed by atoms with Gasteiger partial charge in [-0.2, -0.15) is 0 Å². The summed E-state index contributed by atoms with van der Waals surface area (Å²) < 4.78 is 4.79. The topological polar surface area (TPSA) is 9.23 Å². The number of hydrogen-bond acceptors (Lipinski definition) is 3. The number of rotatable bonds is 1. The molecule has 8 heavy (non-hydrogen) atoms. The van der Waals surface area contributed by atoms with E-state index in [1.54, 1.807) is 0 Å². The molecular formula is C4H8OS2Zn. The summed E-state index contributed by atoms with van der Waals surface area (Å²) in [4.78, 5) is 0. The van der Waals surface area contributed by atoms with E-state index >= 15 is 0 Å². The minimum Gasteiger partial charge on any atom is -0.514 e. The van der Waals surface area contributed by atoms with Crippen LogP contribution in [0.25, 0.3) is 0 Å². The minimum atomic E-state index is 0. The summed E-state index contributed by atoms with van der Waals surface area (Å²) >= 11 is 8.77. The van der Waals surface area contributed by atoms with Crippen LogP contribution in [0.2, 0.25) is 0 Å². The first-order valence-electron chi connectivity index (χ1n) is 1.61. The molecule has 0 aliphatic carbocycles. The number of hydrogen-bond donors (Lipinski definition) is 0. The van der Waals surface area contributed by atoms with Gasteiger partial charge in [0.2, 0.25) is 0 Å². The molecule has 4 heteroatoms. The van der Waals surface area contributed by atoms with Crippen LogP contribution in [0, 0.1) is 7.43 Å². The average Bonchev–Trinajstić information content (AvgIpc) is 1.35. The minimum absolute atomic E-state index is 0. The van der Waals surface area contributed by atoms with Crippen LogP contribution >= 0.6 is 12.2 Å². The largest absolute Gasteiger partial charge is 2.00 e. The zero-order valence-corrected chi connectivity index (χ0v) is 9.74. The summed E-state index contributed by atoms with van der Waals surface area (Å²) in [5.74, 6) is 0. The van der Waals surface area contributed by atoms with Gasteiger partial charge in [-0.05, 0) is 6.92 Å². The van der Waals surface area contributed by atoms with Gasteiger partial charge in [-0.25, -0.2) is 0 Å². The quantitative estimate of drug-likeness (QED) is 0.274. The zero-order chi connectivity index (χ0) is 4.99. The summed E-state index contributed by atoms with van der Waals surface area (Å²) in [5, 5.41) is 0. The first-order valence-corrected chi connectivity index (χ1v) is 2.42. The Bertz CT molecular complexity index is 58.0. The molecule has 0 aromatic carbocycles. The van der Waals surface area contributed by atoms with Gasteiger partial charge in [-0.1, -0.05) is 0 Å². The monoisotopic (exact) mass is 200 g/mol. The van der Waals surface area contributed by atoms with Crippen molar-refractivity contribution < 1.29 is 24.2 Å². The third-order valence-corrected chi connectivity index (χ3v) is 0.498. The van der Waals surface area contributed by atoms with Crippen molar-refractivity contribution in [1.82, 2.24) is 0 Å². The second-order valence-electron chi connectivity index (χ2n) is 0.683. The molecule has 0 saturated heterocycles. The van der Waals surface area contributed by atoms with Crippen LogP contribution in [0.3, 0.4) is 0 Å². The molecule has 0 heterocycles. The Balaban J connectivity index is -0.000000125. The van der Waals surface area contributed by atoms with Gasteiger partial charge in [0.1, 0.15) is 0 Å². The van der Waals surface area contributed by atoms with E-state index in [-0.39, 0.29) is 31.3 Å². The molecule has 0 aromatic rings. The second-order valence-corrected chi connectivity index (χ2v) is 1.68. The molecule has 0 aliphatic rings. The SMILES string of the molecule is CCOC(=S)[S-].[CH3-].[Zn+2]. The van der Waals surface area contributed by atoms with Crippen molar-refractivity contribution in [3.8, 4) is 0 Å². The zero-order valence-electron chi connectivity index (χ0n) is 5.14. The molecular weight excluding hydrogens is 194 g/mol. The van der Waals surface area contributed by atoms with E-state index in [0.717, 1.165) is 0 Å². The van der Waals surface area contributed by atoms with E-state index < -0.39 is 0 Å². The Labute approximate surface area is 74.4 Å². The van der Waals surface area contributed by atoms with Crippen molar-refractivity contribution in [2.45, 2.75) is 6.92 Å². The molecule has 0 aromatic heterocycles. The van der Waals surface area contributed by atoms with Crippen LogP contribution in [0.5, 0.6) is 0 Å². The van der Waals surface area contributed by atoms with Crippen LogP contribution in [-0.4, -0.2) is 11.0 Å². The first-order chi connectivity index (χ1) is 2.77. The van der Waals surface area contributed by atoms with Crippen LogP contribution in [-0.2, 0) is 36.8 Å². The number of thiocarbonyl (C=S) groups is 1. The molecule has 0 N–H and O–H groups in total. The first kappa shape index (κ1) is 15.9. The van der Waals surface area contributed by atoms with Crippen molar-refractivity contribution in [3.63, 3.8) is 0 Å². The van der Waals surface area contributed by atoms with E-state index in [9.17, 15) is 0 Å². The van der Waals surface area contributed by atoms with Crippen molar-refractivity contribution >= 4 is 29.2 Å². The van der Waals surface area contributed by atoms with Crippen molar-refractivity contribution in [3.05, 3.63) is 7.43 Å². The van der Waals surface area contributed by atoms with Crippen LogP contribution in [0.1, 0.15) is 6.92 Å².